The Morgan fingerprint density at radius 2 is 2.04 bits per heavy atom. The third-order valence-corrected chi connectivity index (χ3v) is 3.49. The Balaban J connectivity index is 2.13. The molecule has 0 aliphatic carbocycles. The molecule has 0 atom stereocenters. The lowest BCUT2D eigenvalue weighted by Crippen LogP contribution is -2.19. The molecular formula is C17H17BrN2O3. The number of amides is 1. The number of nitrogens with zero attached hydrogens (tertiary/aromatic N) is 1. The molecule has 0 saturated heterocycles. The van der Waals surface area contributed by atoms with Crippen LogP contribution in [-0.4, -0.2) is 25.8 Å². The topological polar surface area (TPSA) is 59.9 Å². The van der Waals surface area contributed by atoms with Crippen LogP contribution in [0.4, 0.5) is 0 Å². The molecule has 6 heteroatoms. The number of hydrogen-bond acceptors (Lipinski definition) is 4. The van der Waals surface area contributed by atoms with Crippen molar-refractivity contribution in [2.45, 2.75) is 6.92 Å². The van der Waals surface area contributed by atoms with Gasteiger partial charge < -0.3 is 9.47 Å². The summed E-state index contributed by atoms with van der Waals surface area (Å²) >= 11 is 3.35. The number of carbonyl (C=O) groups is 1. The summed E-state index contributed by atoms with van der Waals surface area (Å²) in [6, 6.07) is 12.7. The minimum atomic E-state index is -0.346. The number of carbonyl (C=O) groups excluding carboxylic acids is 1. The normalized spacial score (nSPS) is 10.6. The lowest BCUT2D eigenvalue weighted by Gasteiger charge is -2.09. The van der Waals surface area contributed by atoms with E-state index in [1.807, 2.05) is 37.3 Å². The van der Waals surface area contributed by atoms with Crippen molar-refractivity contribution < 1.29 is 14.3 Å². The molecular weight excluding hydrogens is 360 g/mol. The highest BCUT2D eigenvalue weighted by molar-refractivity contribution is 9.10. The molecule has 2 aromatic rings. The highest BCUT2D eigenvalue weighted by atomic mass is 79.9. The molecule has 0 fully saturated rings. The van der Waals surface area contributed by atoms with Crippen LogP contribution < -0.4 is 14.9 Å². The van der Waals surface area contributed by atoms with Crippen molar-refractivity contribution in [3.8, 4) is 11.5 Å². The minimum Gasteiger partial charge on any atom is -0.496 e. The van der Waals surface area contributed by atoms with E-state index in [1.54, 1.807) is 19.2 Å². The van der Waals surface area contributed by atoms with Crippen LogP contribution in [0.25, 0.3) is 0 Å². The van der Waals surface area contributed by atoms with Gasteiger partial charge in [0.1, 0.15) is 11.5 Å². The van der Waals surface area contributed by atoms with Gasteiger partial charge in [-0.3, -0.25) is 4.79 Å². The van der Waals surface area contributed by atoms with E-state index in [4.69, 9.17) is 9.47 Å². The molecule has 0 aliphatic rings. The molecule has 0 unspecified atom stereocenters. The Labute approximate surface area is 143 Å². The molecule has 23 heavy (non-hydrogen) atoms. The van der Waals surface area contributed by atoms with Gasteiger partial charge in [-0.05, 0) is 37.3 Å². The largest absolute Gasteiger partial charge is 0.496 e. The van der Waals surface area contributed by atoms with Gasteiger partial charge >= 0.3 is 0 Å². The van der Waals surface area contributed by atoms with Crippen LogP contribution in [0.1, 0.15) is 22.8 Å². The fraction of sp³-hybridized carbons (Fsp3) is 0.176. The van der Waals surface area contributed by atoms with Crippen molar-refractivity contribution in [1.82, 2.24) is 5.43 Å². The van der Waals surface area contributed by atoms with Crippen LogP contribution in [0.2, 0.25) is 0 Å². The van der Waals surface area contributed by atoms with Crippen LogP contribution in [0, 0.1) is 0 Å². The standard InChI is InChI=1S/C17H17BrN2O3/c1-3-23-16-9-8-13(18)10-14(16)17(21)20-19-11-12-6-4-5-7-15(12)22-2/h4-11H,3H2,1-2H3,(H,20,21)/b19-11+. The highest BCUT2D eigenvalue weighted by Gasteiger charge is 2.12. The second-order valence-corrected chi connectivity index (χ2v) is 5.43. The van der Waals surface area contributed by atoms with Gasteiger partial charge in [-0.2, -0.15) is 5.10 Å². The van der Waals surface area contributed by atoms with Crippen molar-refractivity contribution in [3.05, 3.63) is 58.1 Å². The van der Waals surface area contributed by atoms with Crippen LogP contribution in [0.5, 0.6) is 11.5 Å². The van der Waals surface area contributed by atoms with E-state index in [1.165, 1.54) is 6.21 Å². The summed E-state index contributed by atoms with van der Waals surface area (Å²) in [5, 5.41) is 3.98. The maximum atomic E-state index is 12.3. The van der Waals surface area contributed by atoms with E-state index in [-0.39, 0.29) is 5.91 Å². The summed E-state index contributed by atoms with van der Waals surface area (Å²) in [4.78, 5) is 12.3. The second kappa shape index (κ2) is 8.33. The van der Waals surface area contributed by atoms with Gasteiger partial charge in [-0.15, -0.1) is 0 Å². The Hall–Kier alpha value is -2.34. The van der Waals surface area contributed by atoms with Crippen molar-refractivity contribution in [3.63, 3.8) is 0 Å². The Kier molecular flexibility index (Phi) is 6.17. The summed E-state index contributed by atoms with van der Waals surface area (Å²) in [6.07, 6.45) is 1.54. The molecule has 0 spiro atoms. The van der Waals surface area contributed by atoms with E-state index in [0.717, 1.165) is 10.0 Å². The van der Waals surface area contributed by atoms with Crippen molar-refractivity contribution >= 4 is 28.1 Å². The summed E-state index contributed by atoms with van der Waals surface area (Å²) in [7, 11) is 1.58. The number of para-hydroxylation sites is 1. The number of ether oxygens (including phenoxy) is 2. The number of hydrazone groups is 1. The van der Waals surface area contributed by atoms with E-state index >= 15 is 0 Å². The van der Waals surface area contributed by atoms with E-state index in [0.29, 0.717) is 23.7 Å². The number of rotatable bonds is 6. The number of methoxy groups -OCH3 is 1. The van der Waals surface area contributed by atoms with Gasteiger partial charge in [0.05, 0.1) is 25.5 Å². The average molecular weight is 377 g/mol. The lowest BCUT2D eigenvalue weighted by molar-refractivity contribution is 0.0951. The maximum Gasteiger partial charge on any atom is 0.275 e. The summed E-state index contributed by atoms with van der Waals surface area (Å²) in [5.74, 6) is 0.851. The van der Waals surface area contributed by atoms with E-state index < -0.39 is 0 Å². The van der Waals surface area contributed by atoms with Crippen molar-refractivity contribution in [2.75, 3.05) is 13.7 Å². The van der Waals surface area contributed by atoms with E-state index in [9.17, 15) is 4.79 Å². The molecule has 0 radical (unpaired) electrons. The average Bonchev–Trinajstić information content (AvgIpc) is 2.57. The van der Waals surface area contributed by atoms with Crippen LogP contribution in [0.15, 0.2) is 52.0 Å². The number of nitrogens with one attached hydrogen (secondary N) is 1. The van der Waals surface area contributed by atoms with Crippen LogP contribution >= 0.6 is 15.9 Å². The third kappa shape index (κ3) is 4.56. The van der Waals surface area contributed by atoms with Gasteiger partial charge in [-0.1, -0.05) is 28.1 Å². The fourth-order valence-corrected chi connectivity index (χ4v) is 2.32. The molecule has 2 rings (SSSR count). The predicted molar refractivity (Wildman–Crippen MR) is 93.4 cm³/mol. The molecule has 2 aromatic carbocycles. The van der Waals surface area contributed by atoms with Crippen LogP contribution in [-0.2, 0) is 0 Å². The molecule has 120 valence electrons. The first-order valence-corrected chi connectivity index (χ1v) is 7.83. The zero-order valence-electron chi connectivity index (χ0n) is 12.9. The molecule has 0 aromatic heterocycles. The first-order chi connectivity index (χ1) is 11.2. The molecule has 0 aliphatic heterocycles. The van der Waals surface area contributed by atoms with Gasteiger partial charge in [-0.25, -0.2) is 5.43 Å². The van der Waals surface area contributed by atoms with Crippen molar-refractivity contribution in [1.29, 1.82) is 0 Å². The van der Waals surface area contributed by atoms with Gasteiger partial charge in [0.15, 0.2) is 0 Å². The first kappa shape index (κ1) is 17.0. The van der Waals surface area contributed by atoms with Crippen molar-refractivity contribution in [2.24, 2.45) is 5.10 Å². The zero-order chi connectivity index (χ0) is 16.7. The molecule has 5 nitrogen and oxygen atoms in total. The Morgan fingerprint density at radius 3 is 2.78 bits per heavy atom. The van der Waals surface area contributed by atoms with Gasteiger partial charge in [0.25, 0.3) is 5.91 Å². The molecule has 1 N–H and O–H groups in total. The smallest absolute Gasteiger partial charge is 0.275 e. The SMILES string of the molecule is CCOc1ccc(Br)cc1C(=O)N/N=C/c1ccccc1OC. The monoisotopic (exact) mass is 376 g/mol. The molecule has 1 amide bonds. The summed E-state index contributed by atoms with van der Waals surface area (Å²) in [5.41, 5.74) is 3.69. The number of benzene rings is 2. The molecule has 0 bridgehead atoms. The predicted octanol–water partition coefficient (Wildman–Crippen LogP) is 3.62. The fourth-order valence-electron chi connectivity index (χ4n) is 1.95. The number of hydrogen-bond donors (Lipinski definition) is 1. The first-order valence-electron chi connectivity index (χ1n) is 7.04. The van der Waals surface area contributed by atoms with Gasteiger partial charge in [0, 0.05) is 10.0 Å². The third-order valence-electron chi connectivity index (χ3n) is 2.99. The number of halogens is 1. The summed E-state index contributed by atoms with van der Waals surface area (Å²) < 4.78 is 11.5. The Morgan fingerprint density at radius 1 is 1.26 bits per heavy atom. The molecule has 0 heterocycles. The van der Waals surface area contributed by atoms with Crippen LogP contribution in [0.3, 0.4) is 0 Å². The quantitative estimate of drug-likeness (QED) is 0.618. The lowest BCUT2D eigenvalue weighted by atomic mass is 10.2. The highest BCUT2D eigenvalue weighted by Crippen LogP contribution is 2.23. The van der Waals surface area contributed by atoms with Gasteiger partial charge in [0.2, 0.25) is 0 Å². The molecule has 0 saturated carbocycles. The van der Waals surface area contributed by atoms with E-state index in [2.05, 4.69) is 26.5 Å². The second-order valence-electron chi connectivity index (χ2n) is 4.51. The Bertz CT molecular complexity index is 717. The zero-order valence-corrected chi connectivity index (χ0v) is 14.5. The minimum absolute atomic E-state index is 0.346. The summed E-state index contributed by atoms with van der Waals surface area (Å²) in [6.45, 7) is 2.34. The maximum absolute atomic E-state index is 12.3.